The van der Waals surface area contributed by atoms with Gasteiger partial charge in [-0.25, -0.2) is 9.37 Å². The summed E-state index contributed by atoms with van der Waals surface area (Å²) in [7, 11) is 0. The minimum Gasteiger partial charge on any atom is -0.505 e. The molecule has 1 aromatic heterocycles. The van der Waals surface area contributed by atoms with E-state index in [4.69, 9.17) is 0 Å². The molecule has 0 bridgehead atoms. The number of carbonyl (C=O) groups is 1. The molecule has 0 aliphatic rings. The first-order valence-electron chi connectivity index (χ1n) is 4.98. The lowest BCUT2D eigenvalue weighted by Gasteiger charge is -2.07. The van der Waals surface area contributed by atoms with Crippen molar-refractivity contribution < 1.29 is 14.3 Å². The average molecular weight is 311 g/mol. The van der Waals surface area contributed by atoms with Crippen LogP contribution in [0.25, 0.3) is 0 Å². The van der Waals surface area contributed by atoms with Crippen LogP contribution in [0.2, 0.25) is 0 Å². The Labute approximate surface area is 111 Å². The van der Waals surface area contributed by atoms with Gasteiger partial charge in [-0.2, -0.15) is 0 Å². The van der Waals surface area contributed by atoms with Crippen LogP contribution < -0.4 is 5.32 Å². The number of carbonyl (C=O) groups excluding carboxylic acids is 1. The van der Waals surface area contributed by atoms with Crippen molar-refractivity contribution in [3.05, 3.63) is 52.5 Å². The van der Waals surface area contributed by atoms with E-state index < -0.39 is 11.7 Å². The van der Waals surface area contributed by atoms with Gasteiger partial charge in [0.1, 0.15) is 11.6 Å². The molecule has 6 heteroatoms. The van der Waals surface area contributed by atoms with Crippen LogP contribution in [0.4, 0.5) is 10.1 Å². The minimum atomic E-state index is -0.612. The van der Waals surface area contributed by atoms with Crippen LogP contribution >= 0.6 is 15.9 Å². The molecule has 2 rings (SSSR count). The average Bonchev–Trinajstić information content (AvgIpc) is 2.34. The number of anilines is 1. The molecule has 0 saturated carbocycles. The van der Waals surface area contributed by atoms with Gasteiger partial charge >= 0.3 is 0 Å². The predicted octanol–water partition coefficient (Wildman–Crippen LogP) is 2.94. The number of benzene rings is 1. The van der Waals surface area contributed by atoms with Gasteiger partial charge in [0.25, 0.3) is 5.91 Å². The Morgan fingerprint density at radius 3 is 2.89 bits per heavy atom. The highest BCUT2D eigenvalue weighted by Crippen LogP contribution is 2.24. The molecule has 0 unspecified atom stereocenters. The van der Waals surface area contributed by atoms with E-state index in [-0.39, 0.29) is 17.1 Å². The molecule has 0 atom stereocenters. The number of aromatic hydroxyl groups is 1. The summed E-state index contributed by atoms with van der Waals surface area (Å²) in [5.41, 5.74) is 0.152. The number of nitrogens with one attached hydrogen (secondary N) is 1. The lowest BCUT2D eigenvalue weighted by Crippen LogP contribution is -2.14. The highest BCUT2D eigenvalue weighted by atomic mass is 79.9. The molecule has 18 heavy (non-hydrogen) atoms. The van der Waals surface area contributed by atoms with Gasteiger partial charge in [0.05, 0.1) is 5.69 Å². The number of aromatic nitrogens is 1. The van der Waals surface area contributed by atoms with Crippen molar-refractivity contribution in [1.29, 1.82) is 0 Å². The normalized spacial score (nSPS) is 10.1. The zero-order valence-corrected chi connectivity index (χ0v) is 10.6. The van der Waals surface area contributed by atoms with E-state index in [1.165, 1.54) is 36.5 Å². The van der Waals surface area contributed by atoms with E-state index in [9.17, 15) is 14.3 Å². The Hall–Kier alpha value is -1.95. The van der Waals surface area contributed by atoms with E-state index >= 15 is 0 Å². The fourth-order valence-electron chi connectivity index (χ4n) is 1.35. The van der Waals surface area contributed by atoms with Crippen LogP contribution in [-0.2, 0) is 0 Å². The first-order chi connectivity index (χ1) is 8.58. The molecule has 4 nitrogen and oxygen atoms in total. The first-order valence-corrected chi connectivity index (χ1v) is 5.77. The molecule has 92 valence electrons. The van der Waals surface area contributed by atoms with Crippen molar-refractivity contribution in [2.24, 2.45) is 0 Å². The fourth-order valence-corrected chi connectivity index (χ4v) is 1.69. The SMILES string of the molecule is O=C(Nc1cc(F)ccc1Br)c1ncccc1O. The molecule has 1 heterocycles. The van der Waals surface area contributed by atoms with E-state index in [0.29, 0.717) is 4.47 Å². The number of hydrogen-bond acceptors (Lipinski definition) is 3. The summed E-state index contributed by atoms with van der Waals surface area (Å²) in [6, 6.07) is 6.76. The maximum atomic E-state index is 13.0. The summed E-state index contributed by atoms with van der Waals surface area (Å²) < 4.78 is 13.6. The molecule has 1 aromatic carbocycles. The molecular weight excluding hydrogens is 303 g/mol. The van der Waals surface area contributed by atoms with Crippen molar-refractivity contribution in [1.82, 2.24) is 4.98 Å². The maximum absolute atomic E-state index is 13.0. The lowest BCUT2D eigenvalue weighted by molar-refractivity contribution is 0.101. The monoisotopic (exact) mass is 310 g/mol. The molecule has 0 spiro atoms. The fraction of sp³-hybridized carbons (Fsp3) is 0. The Morgan fingerprint density at radius 1 is 1.39 bits per heavy atom. The molecule has 0 fully saturated rings. The molecular formula is C12H8BrFN2O2. The van der Waals surface area contributed by atoms with Crippen LogP contribution in [-0.4, -0.2) is 16.0 Å². The quantitative estimate of drug-likeness (QED) is 0.896. The zero-order chi connectivity index (χ0) is 13.1. The van der Waals surface area contributed by atoms with Gasteiger partial charge in [0.2, 0.25) is 0 Å². The Bertz CT molecular complexity index is 604. The highest BCUT2D eigenvalue weighted by Gasteiger charge is 2.13. The van der Waals surface area contributed by atoms with E-state index in [2.05, 4.69) is 26.2 Å². The minimum absolute atomic E-state index is 0.117. The largest absolute Gasteiger partial charge is 0.505 e. The summed E-state index contributed by atoms with van der Waals surface area (Å²) in [4.78, 5) is 15.6. The van der Waals surface area contributed by atoms with E-state index in [0.717, 1.165) is 0 Å². The van der Waals surface area contributed by atoms with Crippen molar-refractivity contribution in [3.63, 3.8) is 0 Å². The van der Waals surface area contributed by atoms with Crippen LogP contribution in [0.1, 0.15) is 10.5 Å². The van der Waals surface area contributed by atoms with Gasteiger partial charge in [-0.1, -0.05) is 0 Å². The summed E-state index contributed by atoms with van der Waals surface area (Å²) >= 11 is 3.19. The number of nitrogens with zero attached hydrogens (tertiary/aromatic N) is 1. The van der Waals surface area contributed by atoms with Crippen molar-refractivity contribution in [2.75, 3.05) is 5.32 Å². The lowest BCUT2D eigenvalue weighted by atomic mass is 10.2. The number of hydrogen-bond donors (Lipinski definition) is 2. The van der Waals surface area contributed by atoms with E-state index in [1.807, 2.05) is 0 Å². The Morgan fingerprint density at radius 2 is 2.17 bits per heavy atom. The zero-order valence-electron chi connectivity index (χ0n) is 9.02. The molecule has 1 amide bonds. The molecule has 0 aliphatic heterocycles. The summed E-state index contributed by atoms with van der Waals surface area (Å²) in [5, 5.41) is 11.9. The Balaban J connectivity index is 2.27. The van der Waals surface area contributed by atoms with Gasteiger partial charge in [-0.15, -0.1) is 0 Å². The summed E-state index contributed by atoms with van der Waals surface area (Å²) in [5.74, 6) is -1.32. The second kappa shape index (κ2) is 5.14. The van der Waals surface area contributed by atoms with Crippen LogP contribution in [0.3, 0.4) is 0 Å². The maximum Gasteiger partial charge on any atom is 0.278 e. The second-order valence-corrected chi connectivity index (χ2v) is 4.30. The number of pyridine rings is 1. The third kappa shape index (κ3) is 2.65. The molecule has 0 aliphatic carbocycles. The standard InChI is InChI=1S/C12H8BrFN2O2/c13-8-4-3-7(14)6-9(8)16-12(18)11-10(17)2-1-5-15-11/h1-6,17H,(H,16,18). The summed E-state index contributed by atoms with van der Waals surface area (Å²) in [6.45, 7) is 0. The van der Waals surface area contributed by atoms with Gasteiger partial charge in [0, 0.05) is 10.7 Å². The van der Waals surface area contributed by atoms with E-state index in [1.54, 1.807) is 0 Å². The number of halogens is 2. The third-order valence-corrected chi connectivity index (χ3v) is 2.87. The van der Waals surface area contributed by atoms with Gasteiger partial charge < -0.3 is 10.4 Å². The Kier molecular flexibility index (Phi) is 3.57. The predicted molar refractivity (Wildman–Crippen MR) is 68.0 cm³/mol. The highest BCUT2D eigenvalue weighted by molar-refractivity contribution is 9.10. The van der Waals surface area contributed by atoms with Gasteiger partial charge in [-0.05, 0) is 46.3 Å². The smallest absolute Gasteiger partial charge is 0.278 e. The second-order valence-electron chi connectivity index (χ2n) is 3.45. The topological polar surface area (TPSA) is 62.2 Å². The van der Waals surface area contributed by atoms with Crippen LogP contribution in [0.5, 0.6) is 5.75 Å². The van der Waals surface area contributed by atoms with Gasteiger partial charge in [0.15, 0.2) is 5.69 Å². The van der Waals surface area contributed by atoms with Gasteiger partial charge in [-0.3, -0.25) is 4.79 Å². The van der Waals surface area contributed by atoms with Crippen molar-refractivity contribution in [2.45, 2.75) is 0 Å². The van der Waals surface area contributed by atoms with Crippen molar-refractivity contribution >= 4 is 27.5 Å². The van der Waals surface area contributed by atoms with Crippen molar-refractivity contribution in [3.8, 4) is 5.75 Å². The third-order valence-electron chi connectivity index (χ3n) is 2.18. The summed E-state index contributed by atoms with van der Waals surface area (Å²) in [6.07, 6.45) is 1.38. The van der Waals surface area contributed by atoms with Crippen LogP contribution in [0, 0.1) is 5.82 Å². The molecule has 0 saturated heterocycles. The first kappa shape index (κ1) is 12.5. The molecule has 2 aromatic rings. The number of rotatable bonds is 2. The molecule has 0 radical (unpaired) electrons. The number of amides is 1. The molecule has 2 N–H and O–H groups in total. The van der Waals surface area contributed by atoms with Crippen LogP contribution in [0.15, 0.2) is 41.0 Å².